The number of ketones is 1. The van der Waals surface area contributed by atoms with Crippen molar-refractivity contribution in [2.24, 2.45) is 0 Å². The minimum absolute atomic E-state index is 0.0475. The van der Waals surface area contributed by atoms with Crippen molar-refractivity contribution in [3.05, 3.63) is 59.9 Å². The summed E-state index contributed by atoms with van der Waals surface area (Å²) in [4.78, 5) is 28.1. The van der Waals surface area contributed by atoms with Gasteiger partial charge in [0.25, 0.3) is 5.91 Å². The summed E-state index contributed by atoms with van der Waals surface area (Å²) in [6.07, 6.45) is 1.28. The van der Waals surface area contributed by atoms with Crippen LogP contribution >= 0.6 is 0 Å². The average Bonchev–Trinajstić information content (AvgIpc) is 3.04. The van der Waals surface area contributed by atoms with Crippen LogP contribution in [0.15, 0.2) is 48.5 Å². The van der Waals surface area contributed by atoms with Crippen molar-refractivity contribution in [1.82, 2.24) is 14.9 Å². The van der Waals surface area contributed by atoms with Gasteiger partial charge in [-0.3, -0.25) is 9.59 Å². The van der Waals surface area contributed by atoms with Crippen LogP contribution in [0.25, 0.3) is 11.0 Å². The molecule has 0 atom stereocenters. The molecular weight excluding hydrogens is 354 g/mol. The second-order valence-corrected chi connectivity index (χ2v) is 6.59. The Hall–Kier alpha value is -3.15. The summed E-state index contributed by atoms with van der Waals surface area (Å²) in [5.74, 6) is 1.47. The van der Waals surface area contributed by atoms with E-state index in [1.165, 1.54) is 0 Å². The number of para-hydroxylation sites is 2. The van der Waals surface area contributed by atoms with Gasteiger partial charge < -0.3 is 14.6 Å². The van der Waals surface area contributed by atoms with Gasteiger partial charge in [0.05, 0.1) is 11.0 Å². The van der Waals surface area contributed by atoms with Crippen molar-refractivity contribution in [3.8, 4) is 5.75 Å². The second kappa shape index (κ2) is 9.17. The van der Waals surface area contributed by atoms with E-state index >= 15 is 0 Å². The molecule has 1 aromatic heterocycles. The highest BCUT2D eigenvalue weighted by Gasteiger charge is 2.07. The van der Waals surface area contributed by atoms with E-state index in [2.05, 4.69) is 20.9 Å². The van der Waals surface area contributed by atoms with Crippen molar-refractivity contribution in [2.45, 2.75) is 33.2 Å². The zero-order valence-electron chi connectivity index (χ0n) is 16.3. The molecule has 0 saturated carbocycles. The molecule has 0 saturated heterocycles. The summed E-state index contributed by atoms with van der Waals surface area (Å²) in [7, 11) is 0. The van der Waals surface area contributed by atoms with E-state index in [1.807, 2.05) is 32.0 Å². The van der Waals surface area contributed by atoms with Gasteiger partial charge in [0, 0.05) is 25.1 Å². The number of ether oxygens (including phenoxy) is 1. The Morgan fingerprint density at radius 3 is 2.61 bits per heavy atom. The Morgan fingerprint density at radius 2 is 1.86 bits per heavy atom. The fraction of sp³-hybridized carbons (Fsp3) is 0.318. The largest absolute Gasteiger partial charge is 0.484 e. The van der Waals surface area contributed by atoms with Crippen molar-refractivity contribution in [1.29, 1.82) is 0 Å². The monoisotopic (exact) mass is 379 g/mol. The van der Waals surface area contributed by atoms with Crippen molar-refractivity contribution >= 4 is 22.7 Å². The number of hydrogen-bond acceptors (Lipinski definition) is 4. The summed E-state index contributed by atoms with van der Waals surface area (Å²) < 4.78 is 7.64. The average molecular weight is 379 g/mol. The number of carbonyl (C=O) groups excluding carboxylic acids is 2. The highest BCUT2D eigenvalue weighted by molar-refractivity contribution is 5.95. The standard InChI is InChI=1S/C22H25N3O3/c1-3-21(26)17-9-11-18(12-10-17)28-15-22(27)23-13-6-14-25-16(2)24-19-7-4-5-8-20(19)25/h4-5,7-12H,3,6,13-15H2,1-2H3,(H,23,27). The van der Waals surface area contributed by atoms with E-state index in [1.54, 1.807) is 24.3 Å². The Morgan fingerprint density at radius 1 is 1.11 bits per heavy atom. The molecule has 0 aliphatic rings. The van der Waals surface area contributed by atoms with Gasteiger partial charge in [-0.15, -0.1) is 0 Å². The van der Waals surface area contributed by atoms with E-state index in [0.717, 1.165) is 29.8 Å². The summed E-state index contributed by atoms with van der Waals surface area (Å²) >= 11 is 0. The van der Waals surface area contributed by atoms with Crippen LogP contribution in [0.5, 0.6) is 5.75 Å². The van der Waals surface area contributed by atoms with Gasteiger partial charge in [-0.2, -0.15) is 0 Å². The van der Waals surface area contributed by atoms with Gasteiger partial charge in [0.2, 0.25) is 0 Å². The zero-order chi connectivity index (χ0) is 19.9. The van der Waals surface area contributed by atoms with E-state index in [4.69, 9.17) is 4.74 Å². The number of benzene rings is 2. The Balaban J connectivity index is 1.41. The molecule has 0 aliphatic carbocycles. The molecule has 28 heavy (non-hydrogen) atoms. The van der Waals surface area contributed by atoms with Gasteiger partial charge in [0.15, 0.2) is 12.4 Å². The molecule has 2 aromatic carbocycles. The zero-order valence-corrected chi connectivity index (χ0v) is 16.3. The lowest BCUT2D eigenvalue weighted by Crippen LogP contribution is -2.30. The maximum atomic E-state index is 12.0. The number of imidazole rings is 1. The van der Waals surface area contributed by atoms with E-state index in [0.29, 0.717) is 24.3 Å². The number of nitrogens with zero attached hydrogens (tertiary/aromatic N) is 2. The molecule has 146 valence electrons. The van der Waals surface area contributed by atoms with Crippen molar-refractivity contribution in [3.63, 3.8) is 0 Å². The third-order valence-corrected chi connectivity index (χ3v) is 4.59. The number of aromatic nitrogens is 2. The van der Waals surface area contributed by atoms with Gasteiger partial charge in [-0.1, -0.05) is 19.1 Å². The predicted molar refractivity (Wildman–Crippen MR) is 109 cm³/mol. The van der Waals surface area contributed by atoms with Crippen LogP contribution in [-0.4, -0.2) is 34.4 Å². The van der Waals surface area contributed by atoms with Gasteiger partial charge >= 0.3 is 0 Å². The van der Waals surface area contributed by atoms with E-state index in [-0.39, 0.29) is 18.3 Å². The first-order chi connectivity index (χ1) is 13.6. The van der Waals surface area contributed by atoms with E-state index in [9.17, 15) is 9.59 Å². The lowest BCUT2D eigenvalue weighted by atomic mass is 10.1. The minimum atomic E-state index is -0.166. The van der Waals surface area contributed by atoms with Gasteiger partial charge in [-0.05, 0) is 49.7 Å². The number of fused-ring (bicyclic) bond motifs is 1. The first-order valence-corrected chi connectivity index (χ1v) is 9.53. The molecule has 0 unspecified atom stereocenters. The molecule has 6 nitrogen and oxygen atoms in total. The SMILES string of the molecule is CCC(=O)c1ccc(OCC(=O)NCCCn2c(C)nc3ccccc32)cc1. The molecule has 6 heteroatoms. The second-order valence-electron chi connectivity index (χ2n) is 6.59. The number of rotatable bonds is 9. The smallest absolute Gasteiger partial charge is 0.257 e. The molecular formula is C22H25N3O3. The first-order valence-electron chi connectivity index (χ1n) is 9.53. The summed E-state index contributed by atoms with van der Waals surface area (Å²) in [6.45, 7) is 5.13. The molecule has 0 bridgehead atoms. The lowest BCUT2D eigenvalue weighted by Gasteiger charge is -2.09. The van der Waals surface area contributed by atoms with Crippen LogP contribution in [0.2, 0.25) is 0 Å². The molecule has 3 rings (SSSR count). The Labute approximate surface area is 164 Å². The number of carbonyl (C=O) groups is 2. The van der Waals surface area contributed by atoms with Crippen LogP contribution in [-0.2, 0) is 11.3 Å². The predicted octanol–water partition coefficient (Wildman–Crippen LogP) is 3.52. The summed E-state index contributed by atoms with van der Waals surface area (Å²) in [5.41, 5.74) is 2.75. The van der Waals surface area contributed by atoms with Crippen LogP contribution in [0.1, 0.15) is 35.9 Å². The fourth-order valence-electron chi connectivity index (χ4n) is 3.08. The number of aryl methyl sites for hydroxylation is 2. The van der Waals surface area contributed by atoms with Gasteiger partial charge in [0.1, 0.15) is 11.6 Å². The molecule has 0 fully saturated rings. The molecule has 1 heterocycles. The lowest BCUT2D eigenvalue weighted by molar-refractivity contribution is -0.123. The Bertz CT molecular complexity index is 961. The van der Waals surface area contributed by atoms with E-state index < -0.39 is 0 Å². The first kappa shape index (κ1) is 19.6. The van der Waals surface area contributed by atoms with Crippen LogP contribution < -0.4 is 10.1 Å². The van der Waals surface area contributed by atoms with Gasteiger partial charge in [-0.25, -0.2) is 4.98 Å². The van der Waals surface area contributed by atoms with Crippen molar-refractivity contribution in [2.75, 3.05) is 13.2 Å². The highest BCUT2D eigenvalue weighted by Crippen LogP contribution is 2.16. The maximum Gasteiger partial charge on any atom is 0.257 e. The number of hydrogen-bond donors (Lipinski definition) is 1. The van der Waals surface area contributed by atoms with Crippen LogP contribution in [0.4, 0.5) is 0 Å². The molecule has 0 aliphatic heterocycles. The molecule has 0 spiro atoms. The Kier molecular flexibility index (Phi) is 6.42. The highest BCUT2D eigenvalue weighted by atomic mass is 16.5. The molecule has 1 amide bonds. The molecule has 3 aromatic rings. The van der Waals surface area contributed by atoms with Crippen LogP contribution in [0, 0.1) is 6.92 Å². The summed E-state index contributed by atoms with van der Waals surface area (Å²) in [6, 6.07) is 14.9. The quantitative estimate of drug-likeness (QED) is 0.456. The fourth-order valence-corrected chi connectivity index (χ4v) is 3.08. The molecule has 0 radical (unpaired) electrons. The normalized spacial score (nSPS) is 10.8. The topological polar surface area (TPSA) is 73.2 Å². The number of amides is 1. The number of nitrogens with one attached hydrogen (secondary N) is 1. The minimum Gasteiger partial charge on any atom is -0.484 e. The molecule has 1 N–H and O–H groups in total. The number of Topliss-reactive ketones (excluding diaryl/α,β-unsaturated/α-hetero) is 1. The maximum absolute atomic E-state index is 12.0. The third kappa shape index (κ3) is 4.76. The summed E-state index contributed by atoms with van der Waals surface area (Å²) in [5, 5.41) is 2.87. The van der Waals surface area contributed by atoms with Crippen molar-refractivity contribution < 1.29 is 14.3 Å². The van der Waals surface area contributed by atoms with Crippen LogP contribution in [0.3, 0.4) is 0 Å². The third-order valence-electron chi connectivity index (χ3n) is 4.59.